The molecule has 2 atom stereocenters. The van der Waals surface area contributed by atoms with E-state index in [0.717, 1.165) is 14.6 Å². The number of amides is 2. The van der Waals surface area contributed by atoms with E-state index in [1.54, 1.807) is 48.5 Å². The molecule has 0 unspecified atom stereocenters. The average molecular weight is 606 g/mol. The van der Waals surface area contributed by atoms with Crippen LogP contribution >= 0.6 is 32.9 Å². The Morgan fingerprint density at radius 1 is 1.02 bits per heavy atom. The highest BCUT2D eigenvalue weighted by atomic mass is 33.1. The van der Waals surface area contributed by atoms with Crippen molar-refractivity contribution in [2.75, 3.05) is 13.7 Å². The Morgan fingerprint density at radius 3 is 2.44 bits per heavy atom. The van der Waals surface area contributed by atoms with Crippen LogP contribution in [0.3, 0.4) is 0 Å². The highest BCUT2D eigenvalue weighted by Crippen LogP contribution is 2.45. The number of rotatable bonds is 11. The largest absolute Gasteiger partial charge is 0.497 e. The Bertz CT molecular complexity index is 1590. The zero-order valence-electron chi connectivity index (χ0n) is 21.6. The van der Waals surface area contributed by atoms with Crippen molar-refractivity contribution in [2.45, 2.75) is 15.8 Å². The van der Waals surface area contributed by atoms with Gasteiger partial charge in [0.15, 0.2) is 16.6 Å². The second-order valence-electron chi connectivity index (χ2n) is 8.46. The molecular weight excluding hydrogens is 583 g/mol. The molecule has 9 nitrogen and oxygen atoms in total. The van der Waals surface area contributed by atoms with E-state index in [2.05, 4.69) is 22.6 Å². The highest BCUT2D eigenvalue weighted by Gasteiger charge is 2.52. The standard InChI is InChI=1S/C29H23N3O6S3/c1-3-22(28(35)38-20-15-13-18(36-2)14-16-20)32-26(34)25(31-24(33)17-37-19-9-5-4-6-10-19)27(32)40-41-29-30-21-11-7-8-12-23(21)39-29/h4-16,25,27H,1,17H2,2H3,(H,31,33)/t25-,27-/m1/s1. The minimum Gasteiger partial charge on any atom is -0.497 e. The number of para-hydroxylation sites is 2. The number of esters is 1. The van der Waals surface area contributed by atoms with Crippen molar-refractivity contribution in [1.82, 2.24) is 15.2 Å². The first kappa shape index (κ1) is 28.3. The Hall–Kier alpha value is -4.22. The van der Waals surface area contributed by atoms with Crippen LogP contribution in [-0.4, -0.2) is 52.8 Å². The lowest BCUT2D eigenvalue weighted by Crippen LogP contribution is -2.69. The lowest BCUT2D eigenvalue weighted by Gasteiger charge is -2.45. The first-order chi connectivity index (χ1) is 20.0. The van der Waals surface area contributed by atoms with E-state index < -0.39 is 29.2 Å². The molecule has 0 spiro atoms. The number of methoxy groups -OCH3 is 1. The summed E-state index contributed by atoms with van der Waals surface area (Å²) >= 11 is 1.51. The van der Waals surface area contributed by atoms with Gasteiger partial charge < -0.3 is 19.5 Å². The van der Waals surface area contributed by atoms with Gasteiger partial charge in [0, 0.05) is 0 Å². The summed E-state index contributed by atoms with van der Waals surface area (Å²) in [4.78, 5) is 44.9. The molecule has 2 heterocycles. The van der Waals surface area contributed by atoms with Crippen molar-refractivity contribution in [3.8, 4) is 17.2 Å². The molecule has 208 valence electrons. The number of β-lactam (4-membered cyclic amide) rings is 1. The van der Waals surface area contributed by atoms with Gasteiger partial charge in [0.1, 0.15) is 28.7 Å². The number of nitrogens with one attached hydrogen (secondary N) is 1. The van der Waals surface area contributed by atoms with Gasteiger partial charge in [0.05, 0.1) is 17.3 Å². The normalized spacial score (nSPS) is 15.9. The van der Waals surface area contributed by atoms with Crippen LogP contribution < -0.4 is 19.5 Å². The molecule has 1 N–H and O–H groups in total. The number of carbonyl (C=O) groups is 3. The van der Waals surface area contributed by atoms with E-state index in [0.29, 0.717) is 11.5 Å². The molecule has 41 heavy (non-hydrogen) atoms. The summed E-state index contributed by atoms with van der Waals surface area (Å²) in [5, 5.41) is 2.05. The van der Waals surface area contributed by atoms with Gasteiger partial charge in [-0.3, -0.25) is 14.5 Å². The summed E-state index contributed by atoms with van der Waals surface area (Å²) in [5.41, 5.74) is 3.24. The zero-order chi connectivity index (χ0) is 28.8. The van der Waals surface area contributed by atoms with Crippen LogP contribution in [0.4, 0.5) is 0 Å². The fourth-order valence-electron chi connectivity index (χ4n) is 3.85. The quantitative estimate of drug-likeness (QED) is 0.0628. The van der Waals surface area contributed by atoms with Gasteiger partial charge in [0.2, 0.25) is 0 Å². The summed E-state index contributed by atoms with van der Waals surface area (Å²) in [6, 6.07) is 22.1. The molecule has 0 saturated carbocycles. The third kappa shape index (κ3) is 6.58. The van der Waals surface area contributed by atoms with Crippen LogP contribution in [0.1, 0.15) is 0 Å². The van der Waals surface area contributed by atoms with E-state index >= 15 is 0 Å². The third-order valence-electron chi connectivity index (χ3n) is 5.84. The molecule has 1 saturated heterocycles. The number of fused-ring (bicyclic) bond motifs is 1. The third-order valence-corrected chi connectivity index (χ3v) is 9.85. The predicted molar refractivity (Wildman–Crippen MR) is 159 cm³/mol. The number of hydrogen-bond donors (Lipinski definition) is 1. The predicted octanol–water partition coefficient (Wildman–Crippen LogP) is 5.05. The topological polar surface area (TPSA) is 107 Å². The molecule has 0 radical (unpaired) electrons. The molecule has 4 aromatic rings. The molecule has 2 amide bonds. The summed E-state index contributed by atoms with van der Waals surface area (Å²) in [6.07, 6.45) is 0. The fraction of sp³-hybridized carbons (Fsp3) is 0.138. The molecule has 0 bridgehead atoms. The van der Waals surface area contributed by atoms with Crippen LogP contribution in [-0.2, 0) is 14.4 Å². The number of thiazole rings is 1. The smallest absolute Gasteiger partial charge is 0.368 e. The summed E-state index contributed by atoms with van der Waals surface area (Å²) in [6.45, 7) is 3.33. The molecule has 1 aromatic heterocycles. The average Bonchev–Trinajstić information content (AvgIpc) is 3.42. The molecule has 5 rings (SSSR count). The van der Waals surface area contributed by atoms with Crippen molar-refractivity contribution < 1.29 is 28.6 Å². The van der Waals surface area contributed by atoms with Gasteiger partial charge in [-0.25, -0.2) is 9.78 Å². The van der Waals surface area contributed by atoms with Gasteiger partial charge in [-0.1, -0.05) is 53.4 Å². The van der Waals surface area contributed by atoms with Crippen LogP contribution in [0.5, 0.6) is 17.2 Å². The Balaban J connectivity index is 1.31. The minimum atomic E-state index is -0.925. The lowest BCUT2D eigenvalue weighted by molar-refractivity contribution is -0.149. The van der Waals surface area contributed by atoms with Gasteiger partial charge >= 0.3 is 5.97 Å². The minimum absolute atomic E-state index is 0.167. The molecule has 3 aromatic carbocycles. The SMILES string of the molecule is C=C=C(C(=O)Oc1ccc(OC)cc1)N1C(=O)[C@@H](NC(=O)COc2ccccc2)[C@H]1SSc1nc2ccccc2s1. The van der Waals surface area contributed by atoms with E-state index in [1.165, 1.54) is 44.9 Å². The first-order valence-corrected chi connectivity index (χ1v) is 15.2. The van der Waals surface area contributed by atoms with Crippen molar-refractivity contribution in [3.63, 3.8) is 0 Å². The number of likely N-dealkylation sites (tertiary alicyclic amines) is 1. The molecule has 12 heteroatoms. The maximum absolute atomic E-state index is 13.3. The van der Waals surface area contributed by atoms with Crippen molar-refractivity contribution in [1.29, 1.82) is 0 Å². The van der Waals surface area contributed by atoms with Crippen LogP contribution in [0.25, 0.3) is 10.2 Å². The number of hydrogen-bond acceptors (Lipinski definition) is 10. The van der Waals surface area contributed by atoms with E-state index in [9.17, 15) is 14.4 Å². The zero-order valence-corrected chi connectivity index (χ0v) is 24.1. The van der Waals surface area contributed by atoms with Crippen molar-refractivity contribution in [2.24, 2.45) is 0 Å². The van der Waals surface area contributed by atoms with E-state index in [1.807, 2.05) is 30.3 Å². The number of aromatic nitrogens is 1. The first-order valence-electron chi connectivity index (χ1n) is 12.2. The monoisotopic (exact) mass is 605 g/mol. The Morgan fingerprint density at radius 2 is 1.73 bits per heavy atom. The summed E-state index contributed by atoms with van der Waals surface area (Å²) in [7, 11) is 4.16. The summed E-state index contributed by atoms with van der Waals surface area (Å²) in [5.74, 6) is -0.412. The maximum atomic E-state index is 13.3. The van der Waals surface area contributed by atoms with Gasteiger partial charge in [-0.15, -0.1) is 11.3 Å². The second kappa shape index (κ2) is 13.0. The Kier molecular flexibility index (Phi) is 8.95. The van der Waals surface area contributed by atoms with Gasteiger partial charge in [-0.2, -0.15) is 0 Å². The van der Waals surface area contributed by atoms with E-state index in [-0.39, 0.29) is 18.1 Å². The van der Waals surface area contributed by atoms with Crippen LogP contribution in [0.15, 0.2) is 101 Å². The van der Waals surface area contributed by atoms with Gasteiger partial charge in [-0.05, 0) is 59.3 Å². The molecule has 0 aliphatic carbocycles. The van der Waals surface area contributed by atoms with E-state index in [4.69, 9.17) is 14.2 Å². The number of ether oxygens (including phenoxy) is 3. The highest BCUT2D eigenvalue weighted by molar-refractivity contribution is 8.77. The van der Waals surface area contributed by atoms with Crippen LogP contribution in [0, 0.1) is 0 Å². The molecule has 1 aliphatic rings. The lowest BCUT2D eigenvalue weighted by atomic mass is 10.1. The molecular formula is C29H23N3O6S3. The maximum Gasteiger partial charge on any atom is 0.368 e. The molecule has 1 fully saturated rings. The fourth-order valence-corrected chi connectivity index (χ4v) is 7.76. The number of benzene rings is 3. The summed E-state index contributed by atoms with van der Waals surface area (Å²) < 4.78 is 17.9. The number of nitrogens with zero attached hydrogens (tertiary/aromatic N) is 2. The molecule has 1 aliphatic heterocycles. The van der Waals surface area contributed by atoms with Crippen molar-refractivity contribution >= 4 is 60.9 Å². The van der Waals surface area contributed by atoms with Crippen molar-refractivity contribution in [3.05, 3.63) is 96.9 Å². The second-order valence-corrected chi connectivity index (χ2v) is 12.1. The Labute approximate surface area is 247 Å². The number of carbonyl (C=O) groups excluding carboxylic acids is 3. The van der Waals surface area contributed by atoms with Crippen LogP contribution in [0.2, 0.25) is 0 Å². The van der Waals surface area contributed by atoms with Gasteiger partial charge in [0.25, 0.3) is 11.8 Å².